The van der Waals surface area contributed by atoms with Crippen molar-refractivity contribution in [3.8, 4) is 0 Å². The van der Waals surface area contributed by atoms with E-state index in [1.165, 1.54) is 5.56 Å². The first-order chi connectivity index (χ1) is 8.74. The SMILES string of the molecule is C=CCN1C[C@H]2CON[C@]2(c2cccc(Br)c2)C1. The van der Waals surface area contributed by atoms with E-state index in [2.05, 4.69) is 57.2 Å². The number of benzene rings is 1. The van der Waals surface area contributed by atoms with Crippen LogP contribution in [0.25, 0.3) is 0 Å². The van der Waals surface area contributed by atoms with E-state index >= 15 is 0 Å². The van der Waals surface area contributed by atoms with Crippen LogP contribution in [0.1, 0.15) is 5.56 Å². The minimum atomic E-state index is -0.0627. The van der Waals surface area contributed by atoms with Gasteiger partial charge in [0.05, 0.1) is 12.1 Å². The van der Waals surface area contributed by atoms with E-state index in [4.69, 9.17) is 4.84 Å². The summed E-state index contributed by atoms with van der Waals surface area (Å²) < 4.78 is 1.11. The zero-order valence-electron chi connectivity index (χ0n) is 10.2. The zero-order valence-corrected chi connectivity index (χ0v) is 11.8. The van der Waals surface area contributed by atoms with Crippen molar-refractivity contribution in [3.05, 3.63) is 47.0 Å². The van der Waals surface area contributed by atoms with Crippen LogP contribution in [-0.2, 0) is 10.4 Å². The van der Waals surface area contributed by atoms with E-state index in [9.17, 15) is 0 Å². The van der Waals surface area contributed by atoms with Crippen LogP contribution < -0.4 is 5.48 Å². The van der Waals surface area contributed by atoms with Crippen molar-refractivity contribution < 1.29 is 4.84 Å². The first kappa shape index (κ1) is 12.4. The number of nitrogens with zero attached hydrogens (tertiary/aromatic N) is 1. The maximum Gasteiger partial charge on any atom is 0.0870 e. The van der Waals surface area contributed by atoms with Gasteiger partial charge >= 0.3 is 0 Å². The molecule has 2 saturated heterocycles. The van der Waals surface area contributed by atoms with Gasteiger partial charge in [0.25, 0.3) is 0 Å². The molecule has 3 rings (SSSR count). The number of rotatable bonds is 3. The molecule has 2 fully saturated rings. The molecule has 3 nitrogen and oxygen atoms in total. The lowest BCUT2D eigenvalue weighted by molar-refractivity contribution is 0.0489. The molecule has 4 heteroatoms. The summed E-state index contributed by atoms with van der Waals surface area (Å²) in [5.41, 5.74) is 4.50. The molecule has 0 radical (unpaired) electrons. The highest BCUT2D eigenvalue weighted by molar-refractivity contribution is 9.10. The second-order valence-electron chi connectivity index (χ2n) is 5.07. The van der Waals surface area contributed by atoms with Gasteiger partial charge in [0.15, 0.2) is 0 Å². The van der Waals surface area contributed by atoms with Gasteiger partial charge in [-0.15, -0.1) is 6.58 Å². The van der Waals surface area contributed by atoms with Gasteiger partial charge in [0.2, 0.25) is 0 Å². The molecule has 2 aliphatic rings. The van der Waals surface area contributed by atoms with E-state index in [-0.39, 0.29) is 5.54 Å². The molecule has 0 spiro atoms. The molecule has 2 atom stereocenters. The predicted octanol–water partition coefficient (Wildman–Crippen LogP) is 2.30. The maximum absolute atomic E-state index is 5.52. The predicted molar refractivity (Wildman–Crippen MR) is 75.0 cm³/mol. The maximum atomic E-state index is 5.52. The average Bonchev–Trinajstić information content (AvgIpc) is 2.86. The lowest BCUT2D eigenvalue weighted by Crippen LogP contribution is -2.43. The Morgan fingerprint density at radius 1 is 1.61 bits per heavy atom. The van der Waals surface area contributed by atoms with E-state index in [0.717, 1.165) is 30.7 Å². The minimum Gasteiger partial charge on any atom is -0.300 e. The van der Waals surface area contributed by atoms with Gasteiger partial charge in [-0.05, 0) is 17.7 Å². The molecule has 0 unspecified atom stereocenters. The van der Waals surface area contributed by atoms with Crippen molar-refractivity contribution in [1.29, 1.82) is 0 Å². The Kier molecular flexibility index (Phi) is 3.28. The topological polar surface area (TPSA) is 24.5 Å². The van der Waals surface area contributed by atoms with Gasteiger partial charge in [-0.1, -0.05) is 34.1 Å². The second kappa shape index (κ2) is 4.78. The normalized spacial score (nSPS) is 31.5. The molecular weight excluding hydrogens is 292 g/mol. The van der Waals surface area contributed by atoms with Crippen molar-refractivity contribution >= 4 is 15.9 Å². The summed E-state index contributed by atoms with van der Waals surface area (Å²) in [4.78, 5) is 7.94. The number of hydroxylamine groups is 1. The first-order valence-electron chi connectivity index (χ1n) is 6.23. The van der Waals surface area contributed by atoms with Crippen molar-refractivity contribution in [1.82, 2.24) is 10.4 Å². The molecule has 96 valence electrons. The fourth-order valence-corrected chi connectivity index (χ4v) is 3.47. The Bertz CT molecular complexity index is 465. The zero-order chi connectivity index (χ0) is 12.6. The molecule has 18 heavy (non-hydrogen) atoms. The summed E-state index contributed by atoms with van der Waals surface area (Å²) in [7, 11) is 0. The third-order valence-corrected chi connectivity index (χ3v) is 4.41. The molecule has 1 aromatic carbocycles. The number of hydrogen-bond donors (Lipinski definition) is 1. The molecule has 1 N–H and O–H groups in total. The van der Waals surface area contributed by atoms with E-state index in [1.807, 2.05) is 6.08 Å². The average molecular weight is 309 g/mol. The van der Waals surface area contributed by atoms with Crippen molar-refractivity contribution in [3.63, 3.8) is 0 Å². The van der Waals surface area contributed by atoms with Crippen LogP contribution in [0.4, 0.5) is 0 Å². The Labute approximate surface area is 116 Å². The van der Waals surface area contributed by atoms with Crippen LogP contribution in [-0.4, -0.2) is 31.1 Å². The molecule has 1 aromatic rings. The summed E-state index contributed by atoms with van der Waals surface area (Å²) in [5.74, 6) is 0.506. The Morgan fingerprint density at radius 2 is 2.50 bits per heavy atom. The Morgan fingerprint density at radius 3 is 3.28 bits per heavy atom. The van der Waals surface area contributed by atoms with Gasteiger partial charge in [-0.2, -0.15) is 5.48 Å². The van der Waals surface area contributed by atoms with Crippen molar-refractivity contribution in [2.75, 3.05) is 26.2 Å². The standard InChI is InChI=1S/C14H17BrN2O/c1-2-6-17-8-12-9-18-16-14(12,10-17)11-4-3-5-13(15)7-11/h2-5,7,12,16H,1,6,8-10H2/t12-,14-/m0/s1. The van der Waals surface area contributed by atoms with Crippen LogP contribution in [0, 0.1) is 5.92 Å². The largest absolute Gasteiger partial charge is 0.300 e. The summed E-state index contributed by atoms with van der Waals surface area (Å²) in [6.07, 6.45) is 1.97. The fraction of sp³-hybridized carbons (Fsp3) is 0.429. The molecule has 0 aromatic heterocycles. The lowest BCUT2D eigenvalue weighted by atomic mass is 9.83. The third kappa shape index (κ3) is 1.93. The van der Waals surface area contributed by atoms with E-state index < -0.39 is 0 Å². The summed E-state index contributed by atoms with van der Waals surface area (Å²) in [6.45, 7) is 7.58. The Hall–Kier alpha value is -0.680. The van der Waals surface area contributed by atoms with E-state index in [1.54, 1.807) is 0 Å². The van der Waals surface area contributed by atoms with E-state index in [0.29, 0.717) is 5.92 Å². The number of fused-ring (bicyclic) bond motifs is 1. The van der Waals surface area contributed by atoms with Gasteiger partial charge < -0.3 is 4.84 Å². The van der Waals surface area contributed by atoms with Gasteiger partial charge in [0.1, 0.15) is 0 Å². The summed E-state index contributed by atoms with van der Waals surface area (Å²) in [5, 5.41) is 0. The number of nitrogens with one attached hydrogen (secondary N) is 1. The second-order valence-corrected chi connectivity index (χ2v) is 5.99. The van der Waals surface area contributed by atoms with Gasteiger partial charge in [-0.25, -0.2) is 0 Å². The molecule has 0 saturated carbocycles. The minimum absolute atomic E-state index is 0.0627. The highest BCUT2D eigenvalue weighted by atomic mass is 79.9. The highest BCUT2D eigenvalue weighted by Gasteiger charge is 2.51. The number of hydrogen-bond acceptors (Lipinski definition) is 3. The quantitative estimate of drug-likeness (QED) is 0.867. The van der Waals surface area contributed by atoms with Crippen LogP contribution in [0.3, 0.4) is 0 Å². The summed E-state index contributed by atoms with van der Waals surface area (Å²) >= 11 is 3.55. The lowest BCUT2D eigenvalue weighted by Gasteiger charge is -2.28. The smallest absolute Gasteiger partial charge is 0.0870 e. The molecule has 0 amide bonds. The van der Waals surface area contributed by atoms with Crippen LogP contribution >= 0.6 is 15.9 Å². The third-order valence-electron chi connectivity index (χ3n) is 3.91. The molecule has 2 aliphatic heterocycles. The van der Waals surface area contributed by atoms with Crippen molar-refractivity contribution in [2.45, 2.75) is 5.54 Å². The summed E-state index contributed by atoms with van der Waals surface area (Å²) in [6, 6.07) is 8.51. The molecule has 2 heterocycles. The molecule has 0 bridgehead atoms. The molecule has 0 aliphatic carbocycles. The van der Waals surface area contributed by atoms with Crippen LogP contribution in [0.15, 0.2) is 41.4 Å². The van der Waals surface area contributed by atoms with Gasteiger partial charge in [-0.3, -0.25) is 4.90 Å². The number of likely N-dealkylation sites (tertiary alicyclic amines) is 1. The van der Waals surface area contributed by atoms with Gasteiger partial charge in [0, 0.05) is 30.0 Å². The van der Waals surface area contributed by atoms with Crippen LogP contribution in [0.5, 0.6) is 0 Å². The monoisotopic (exact) mass is 308 g/mol. The first-order valence-corrected chi connectivity index (χ1v) is 7.02. The van der Waals surface area contributed by atoms with Crippen molar-refractivity contribution in [2.24, 2.45) is 5.92 Å². The Balaban J connectivity index is 1.94. The fourth-order valence-electron chi connectivity index (χ4n) is 3.07. The van der Waals surface area contributed by atoms with Crippen LogP contribution in [0.2, 0.25) is 0 Å². The highest BCUT2D eigenvalue weighted by Crippen LogP contribution is 2.41. The number of halogens is 1. The molecular formula is C14H17BrN2O.